The Bertz CT molecular complexity index is 396. The van der Waals surface area contributed by atoms with Crippen LogP contribution in [0.2, 0.25) is 0 Å². The Morgan fingerprint density at radius 1 is 1.47 bits per heavy atom. The maximum absolute atomic E-state index is 11.5. The summed E-state index contributed by atoms with van der Waals surface area (Å²) in [5.41, 5.74) is 0. The van der Waals surface area contributed by atoms with Crippen LogP contribution in [0.4, 0.5) is 0 Å². The quantitative estimate of drug-likeness (QED) is 0.572. The zero-order chi connectivity index (χ0) is 10.7. The van der Waals surface area contributed by atoms with Gasteiger partial charge < -0.3 is 5.32 Å². The first-order valence-electron chi connectivity index (χ1n) is 4.91. The van der Waals surface area contributed by atoms with Crippen molar-refractivity contribution in [1.82, 2.24) is 20.2 Å². The third-order valence-electron chi connectivity index (χ3n) is 2.19. The van der Waals surface area contributed by atoms with Gasteiger partial charge in [-0.2, -0.15) is 5.10 Å². The molecule has 0 aromatic carbocycles. The lowest BCUT2D eigenvalue weighted by Crippen LogP contribution is -2.32. The van der Waals surface area contributed by atoms with Crippen LogP contribution in [0.5, 0.6) is 0 Å². The molecule has 2 rings (SSSR count). The van der Waals surface area contributed by atoms with E-state index in [2.05, 4.69) is 20.2 Å². The summed E-state index contributed by atoms with van der Waals surface area (Å²) in [5.74, 6) is 0. The molecule has 0 unspecified atom stereocenters. The number of rotatable bonds is 6. The third-order valence-corrected chi connectivity index (χ3v) is 3.58. The van der Waals surface area contributed by atoms with Crippen molar-refractivity contribution in [1.29, 1.82) is 0 Å². The minimum absolute atomic E-state index is 0.105. The second-order valence-corrected chi connectivity index (χ2v) is 5.28. The average molecular weight is 230 g/mol. The van der Waals surface area contributed by atoms with Crippen LogP contribution < -0.4 is 10.0 Å². The van der Waals surface area contributed by atoms with Crippen LogP contribution in [0.3, 0.4) is 0 Å². The zero-order valence-electron chi connectivity index (χ0n) is 8.23. The standard InChI is InChI=1S/C8H14N4O2S/c13-15(14,8-3-4-10-12-8)11-6-5-9-7-1-2-7/h3-4,7,9,11H,1-2,5-6H2,(H,10,12). The SMILES string of the molecule is O=S(=O)(NCCNC1CC1)c1ccn[nH]1. The van der Waals surface area contributed by atoms with E-state index in [9.17, 15) is 8.42 Å². The van der Waals surface area contributed by atoms with Gasteiger partial charge in [0.25, 0.3) is 10.0 Å². The molecule has 0 bridgehead atoms. The Morgan fingerprint density at radius 3 is 2.87 bits per heavy atom. The second kappa shape index (κ2) is 4.30. The molecule has 1 aromatic heterocycles. The molecule has 1 aliphatic carbocycles. The molecule has 0 radical (unpaired) electrons. The highest BCUT2D eigenvalue weighted by Gasteiger charge is 2.20. The lowest BCUT2D eigenvalue weighted by Gasteiger charge is -2.04. The second-order valence-electron chi connectivity index (χ2n) is 3.55. The van der Waals surface area contributed by atoms with E-state index in [0.29, 0.717) is 19.1 Å². The lowest BCUT2D eigenvalue weighted by molar-refractivity contribution is 0.571. The summed E-state index contributed by atoms with van der Waals surface area (Å²) in [6.07, 6.45) is 3.82. The lowest BCUT2D eigenvalue weighted by atomic mass is 10.6. The number of H-pyrrole nitrogens is 1. The van der Waals surface area contributed by atoms with Gasteiger partial charge in [0.2, 0.25) is 0 Å². The van der Waals surface area contributed by atoms with Crippen LogP contribution in [0, 0.1) is 0 Å². The van der Waals surface area contributed by atoms with Gasteiger partial charge in [-0.3, -0.25) is 5.10 Å². The van der Waals surface area contributed by atoms with E-state index in [4.69, 9.17) is 0 Å². The van der Waals surface area contributed by atoms with Crippen molar-refractivity contribution < 1.29 is 8.42 Å². The minimum atomic E-state index is -3.40. The molecular weight excluding hydrogens is 216 g/mol. The van der Waals surface area contributed by atoms with Crippen LogP contribution in [0.25, 0.3) is 0 Å². The predicted octanol–water partition coefficient (Wildman–Crippen LogP) is -0.560. The van der Waals surface area contributed by atoms with E-state index < -0.39 is 10.0 Å². The predicted molar refractivity (Wildman–Crippen MR) is 54.8 cm³/mol. The maximum Gasteiger partial charge on any atom is 0.257 e. The molecule has 1 fully saturated rings. The molecule has 7 heteroatoms. The van der Waals surface area contributed by atoms with Crippen LogP contribution in [0.15, 0.2) is 17.3 Å². The summed E-state index contributed by atoms with van der Waals surface area (Å²) in [6, 6.07) is 2.03. The Labute approximate surface area is 88.5 Å². The molecule has 3 N–H and O–H groups in total. The molecule has 1 aliphatic rings. The Morgan fingerprint density at radius 2 is 2.27 bits per heavy atom. The fraction of sp³-hybridized carbons (Fsp3) is 0.625. The average Bonchev–Trinajstić information content (AvgIpc) is 2.83. The molecule has 0 spiro atoms. The summed E-state index contributed by atoms with van der Waals surface area (Å²) in [4.78, 5) is 0. The highest BCUT2D eigenvalue weighted by atomic mass is 32.2. The van der Waals surface area contributed by atoms with Gasteiger partial charge in [0, 0.05) is 19.1 Å². The first-order chi connectivity index (χ1) is 7.18. The molecule has 0 amide bonds. The Kier molecular flexibility index (Phi) is 3.03. The summed E-state index contributed by atoms with van der Waals surface area (Å²) < 4.78 is 25.6. The monoisotopic (exact) mass is 230 g/mol. The van der Waals surface area contributed by atoms with E-state index in [0.717, 1.165) is 0 Å². The summed E-state index contributed by atoms with van der Waals surface area (Å²) >= 11 is 0. The molecule has 1 saturated carbocycles. The van der Waals surface area contributed by atoms with Gasteiger partial charge in [-0.1, -0.05) is 0 Å². The van der Waals surface area contributed by atoms with Crippen molar-refractivity contribution in [3.05, 3.63) is 12.3 Å². The molecule has 84 valence electrons. The summed E-state index contributed by atoms with van der Waals surface area (Å²) in [5, 5.41) is 9.34. The topological polar surface area (TPSA) is 86.9 Å². The van der Waals surface area contributed by atoms with Crippen LogP contribution >= 0.6 is 0 Å². The fourth-order valence-electron chi connectivity index (χ4n) is 1.22. The molecular formula is C8H14N4O2S. The first-order valence-corrected chi connectivity index (χ1v) is 6.39. The van der Waals surface area contributed by atoms with Gasteiger partial charge >= 0.3 is 0 Å². The molecule has 1 heterocycles. The van der Waals surface area contributed by atoms with Crippen LogP contribution in [-0.4, -0.2) is 37.7 Å². The molecule has 6 nitrogen and oxygen atoms in total. The van der Waals surface area contributed by atoms with E-state index >= 15 is 0 Å². The number of aromatic amines is 1. The zero-order valence-corrected chi connectivity index (χ0v) is 9.05. The van der Waals surface area contributed by atoms with Gasteiger partial charge in [-0.05, 0) is 18.9 Å². The Hall–Kier alpha value is -0.920. The van der Waals surface area contributed by atoms with Gasteiger partial charge in [0.05, 0.1) is 6.20 Å². The molecule has 0 aliphatic heterocycles. The third kappa shape index (κ3) is 3.01. The molecule has 0 saturated heterocycles. The van der Waals surface area contributed by atoms with Gasteiger partial charge in [0.15, 0.2) is 5.03 Å². The summed E-state index contributed by atoms with van der Waals surface area (Å²) in [7, 11) is -3.40. The van der Waals surface area contributed by atoms with E-state index in [-0.39, 0.29) is 5.03 Å². The smallest absolute Gasteiger partial charge is 0.257 e. The van der Waals surface area contributed by atoms with E-state index in [1.807, 2.05) is 0 Å². The Balaban J connectivity index is 1.77. The van der Waals surface area contributed by atoms with Crippen molar-refractivity contribution in [2.75, 3.05) is 13.1 Å². The molecule has 1 aromatic rings. The van der Waals surface area contributed by atoms with Gasteiger partial charge in [-0.25, -0.2) is 13.1 Å². The maximum atomic E-state index is 11.5. The minimum Gasteiger partial charge on any atom is -0.313 e. The highest BCUT2D eigenvalue weighted by molar-refractivity contribution is 7.89. The van der Waals surface area contributed by atoms with Crippen molar-refractivity contribution in [3.8, 4) is 0 Å². The van der Waals surface area contributed by atoms with Gasteiger partial charge in [0.1, 0.15) is 0 Å². The normalized spacial score (nSPS) is 16.8. The number of hydrogen-bond acceptors (Lipinski definition) is 4. The number of nitrogens with zero attached hydrogens (tertiary/aromatic N) is 1. The number of hydrogen-bond donors (Lipinski definition) is 3. The van der Waals surface area contributed by atoms with E-state index in [1.54, 1.807) is 0 Å². The van der Waals surface area contributed by atoms with Gasteiger partial charge in [-0.15, -0.1) is 0 Å². The van der Waals surface area contributed by atoms with E-state index in [1.165, 1.54) is 25.1 Å². The van der Waals surface area contributed by atoms with Crippen molar-refractivity contribution in [2.24, 2.45) is 0 Å². The summed E-state index contributed by atoms with van der Waals surface area (Å²) in [6.45, 7) is 1.07. The first kappa shape index (κ1) is 10.6. The molecule has 15 heavy (non-hydrogen) atoms. The number of nitrogens with one attached hydrogen (secondary N) is 3. The number of sulfonamides is 1. The van der Waals surface area contributed by atoms with Crippen molar-refractivity contribution >= 4 is 10.0 Å². The highest BCUT2D eigenvalue weighted by Crippen LogP contribution is 2.17. The van der Waals surface area contributed by atoms with Crippen LogP contribution in [0.1, 0.15) is 12.8 Å². The van der Waals surface area contributed by atoms with Crippen molar-refractivity contribution in [2.45, 2.75) is 23.9 Å². The number of aromatic nitrogens is 2. The molecule has 0 atom stereocenters. The fourth-order valence-corrected chi connectivity index (χ4v) is 2.16. The van der Waals surface area contributed by atoms with Crippen molar-refractivity contribution in [3.63, 3.8) is 0 Å². The largest absolute Gasteiger partial charge is 0.313 e. The van der Waals surface area contributed by atoms with Crippen LogP contribution in [-0.2, 0) is 10.0 Å².